The molecule has 1 amide bonds. The maximum absolute atomic E-state index is 10.9. The Balaban J connectivity index is 1.73. The SMILES string of the molecule is CC(=O)NCCN1CCCN(Cc2ccccc2)CC1. The van der Waals surface area contributed by atoms with E-state index >= 15 is 0 Å². The predicted octanol–water partition coefficient (Wildman–Crippen LogP) is 1.33. The third kappa shape index (κ3) is 5.31. The Hall–Kier alpha value is -1.39. The number of nitrogens with one attached hydrogen (secondary N) is 1. The first-order valence-electron chi connectivity index (χ1n) is 7.47. The van der Waals surface area contributed by atoms with E-state index in [1.54, 1.807) is 6.92 Å². The van der Waals surface area contributed by atoms with Crippen LogP contribution in [0.1, 0.15) is 18.9 Å². The Morgan fingerprint density at radius 2 is 1.80 bits per heavy atom. The second-order valence-electron chi connectivity index (χ2n) is 5.44. The Bertz CT molecular complexity index is 407. The van der Waals surface area contributed by atoms with Gasteiger partial charge < -0.3 is 10.2 Å². The van der Waals surface area contributed by atoms with Gasteiger partial charge in [0.1, 0.15) is 0 Å². The molecular formula is C16H25N3O. The number of hydrogen-bond acceptors (Lipinski definition) is 3. The van der Waals surface area contributed by atoms with Crippen molar-refractivity contribution in [3.8, 4) is 0 Å². The number of amides is 1. The van der Waals surface area contributed by atoms with Gasteiger partial charge in [-0.05, 0) is 25.1 Å². The van der Waals surface area contributed by atoms with E-state index in [1.807, 2.05) is 0 Å². The van der Waals surface area contributed by atoms with Gasteiger partial charge in [-0.1, -0.05) is 30.3 Å². The molecule has 0 spiro atoms. The smallest absolute Gasteiger partial charge is 0.216 e. The lowest BCUT2D eigenvalue weighted by Crippen LogP contribution is -2.36. The van der Waals surface area contributed by atoms with Crippen molar-refractivity contribution in [1.29, 1.82) is 0 Å². The molecule has 0 atom stereocenters. The van der Waals surface area contributed by atoms with Gasteiger partial charge in [0.25, 0.3) is 0 Å². The van der Waals surface area contributed by atoms with Crippen molar-refractivity contribution in [2.45, 2.75) is 19.9 Å². The van der Waals surface area contributed by atoms with Crippen LogP contribution >= 0.6 is 0 Å². The summed E-state index contributed by atoms with van der Waals surface area (Å²) in [6.45, 7) is 8.81. The minimum absolute atomic E-state index is 0.0607. The van der Waals surface area contributed by atoms with Crippen LogP contribution in [0.4, 0.5) is 0 Å². The molecule has 2 rings (SSSR count). The van der Waals surface area contributed by atoms with E-state index in [2.05, 4.69) is 45.4 Å². The van der Waals surface area contributed by atoms with E-state index in [1.165, 1.54) is 12.0 Å². The lowest BCUT2D eigenvalue weighted by Gasteiger charge is -2.21. The zero-order valence-electron chi connectivity index (χ0n) is 12.3. The van der Waals surface area contributed by atoms with Crippen molar-refractivity contribution in [3.05, 3.63) is 35.9 Å². The monoisotopic (exact) mass is 275 g/mol. The van der Waals surface area contributed by atoms with E-state index in [0.29, 0.717) is 0 Å². The molecule has 1 N–H and O–H groups in total. The van der Waals surface area contributed by atoms with Gasteiger partial charge in [0.05, 0.1) is 0 Å². The van der Waals surface area contributed by atoms with Gasteiger partial charge >= 0.3 is 0 Å². The van der Waals surface area contributed by atoms with Gasteiger partial charge in [0.15, 0.2) is 0 Å². The van der Waals surface area contributed by atoms with Crippen molar-refractivity contribution in [2.75, 3.05) is 39.3 Å². The third-order valence-electron chi connectivity index (χ3n) is 3.73. The molecule has 4 nitrogen and oxygen atoms in total. The van der Waals surface area contributed by atoms with Gasteiger partial charge in [-0.3, -0.25) is 9.69 Å². The van der Waals surface area contributed by atoms with Crippen LogP contribution in [0.3, 0.4) is 0 Å². The summed E-state index contributed by atoms with van der Waals surface area (Å²) in [6, 6.07) is 10.7. The summed E-state index contributed by atoms with van der Waals surface area (Å²) in [4.78, 5) is 15.8. The molecule has 1 saturated heterocycles. The minimum atomic E-state index is 0.0607. The Labute approximate surface area is 121 Å². The number of rotatable bonds is 5. The normalized spacial score (nSPS) is 17.6. The summed E-state index contributed by atoms with van der Waals surface area (Å²) >= 11 is 0. The molecular weight excluding hydrogens is 250 g/mol. The van der Waals surface area contributed by atoms with Crippen LogP contribution in [0.2, 0.25) is 0 Å². The summed E-state index contributed by atoms with van der Waals surface area (Å²) in [5, 5.41) is 2.87. The Morgan fingerprint density at radius 1 is 1.10 bits per heavy atom. The van der Waals surface area contributed by atoms with E-state index in [-0.39, 0.29) is 5.91 Å². The molecule has 20 heavy (non-hydrogen) atoms. The standard InChI is InChI=1S/C16H25N3O/c1-15(20)17-8-11-18-9-5-10-19(13-12-18)14-16-6-3-2-4-7-16/h2-4,6-7H,5,8-14H2,1H3,(H,17,20). The first-order valence-corrected chi connectivity index (χ1v) is 7.47. The quantitative estimate of drug-likeness (QED) is 0.880. The van der Waals surface area contributed by atoms with Crippen LogP contribution in [-0.2, 0) is 11.3 Å². The summed E-state index contributed by atoms with van der Waals surface area (Å²) in [5.74, 6) is 0.0607. The Morgan fingerprint density at radius 3 is 2.55 bits per heavy atom. The number of carbonyl (C=O) groups excluding carboxylic acids is 1. The first-order chi connectivity index (χ1) is 9.74. The van der Waals surface area contributed by atoms with Crippen molar-refractivity contribution in [1.82, 2.24) is 15.1 Å². The number of carbonyl (C=O) groups is 1. The lowest BCUT2D eigenvalue weighted by molar-refractivity contribution is -0.119. The molecule has 0 radical (unpaired) electrons. The lowest BCUT2D eigenvalue weighted by atomic mass is 10.2. The second kappa shape index (κ2) is 8.02. The number of benzene rings is 1. The van der Waals surface area contributed by atoms with Gasteiger partial charge in [-0.2, -0.15) is 0 Å². The predicted molar refractivity (Wildman–Crippen MR) is 81.5 cm³/mol. The summed E-state index contributed by atoms with van der Waals surface area (Å²) in [5.41, 5.74) is 1.39. The highest BCUT2D eigenvalue weighted by Crippen LogP contribution is 2.08. The number of hydrogen-bond donors (Lipinski definition) is 1. The molecule has 1 fully saturated rings. The molecule has 110 valence electrons. The van der Waals surface area contributed by atoms with Crippen LogP contribution < -0.4 is 5.32 Å². The maximum Gasteiger partial charge on any atom is 0.216 e. The fourth-order valence-corrected chi connectivity index (χ4v) is 2.64. The average molecular weight is 275 g/mol. The van der Waals surface area contributed by atoms with Crippen LogP contribution in [0.15, 0.2) is 30.3 Å². The van der Waals surface area contributed by atoms with Gasteiger partial charge in [-0.15, -0.1) is 0 Å². The largest absolute Gasteiger partial charge is 0.355 e. The first kappa shape index (κ1) is 15.0. The maximum atomic E-state index is 10.9. The van der Waals surface area contributed by atoms with Crippen molar-refractivity contribution < 1.29 is 4.79 Å². The summed E-state index contributed by atoms with van der Waals surface area (Å²) in [6.07, 6.45) is 1.20. The van der Waals surface area contributed by atoms with Crippen LogP contribution in [-0.4, -0.2) is 55.0 Å². The highest BCUT2D eigenvalue weighted by atomic mass is 16.1. The molecule has 0 aliphatic carbocycles. The molecule has 1 aliphatic rings. The molecule has 1 aliphatic heterocycles. The average Bonchev–Trinajstić information content (AvgIpc) is 2.65. The minimum Gasteiger partial charge on any atom is -0.355 e. The van der Waals surface area contributed by atoms with Gasteiger partial charge in [0, 0.05) is 39.6 Å². The van der Waals surface area contributed by atoms with E-state index in [0.717, 1.165) is 45.8 Å². The highest BCUT2D eigenvalue weighted by molar-refractivity contribution is 5.72. The van der Waals surface area contributed by atoms with Gasteiger partial charge in [0.2, 0.25) is 5.91 Å². The zero-order valence-corrected chi connectivity index (χ0v) is 12.3. The molecule has 0 saturated carbocycles. The third-order valence-corrected chi connectivity index (χ3v) is 3.73. The molecule has 1 heterocycles. The van der Waals surface area contributed by atoms with Gasteiger partial charge in [-0.25, -0.2) is 0 Å². The molecule has 4 heteroatoms. The molecule has 1 aromatic rings. The zero-order chi connectivity index (χ0) is 14.2. The fourth-order valence-electron chi connectivity index (χ4n) is 2.64. The topological polar surface area (TPSA) is 35.6 Å². The van der Waals surface area contributed by atoms with Crippen LogP contribution in [0.5, 0.6) is 0 Å². The van der Waals surface area contributed by atoms with Crippen LogP contribution in [0.25, 0.3) is 0 Å². The molecule has 1 aromatic carbocycles. The molecule has 0 unspecified atom stereocenters. The number of nitrogens with zero attached hydrogens (tertiary/aromatic N) is 2. The molecule has 0 aromatic heterocycles. The fraction of sp³-hybridized carbons (Fsp3) is 0.562. The summed E-state index contributed by atoms with van der Waals surface area (Å²) < 4.78 is 0. The Kier molecular flexibility index (Phi) is 6.02. The summed E-state index contributed by atoms with van der Waals surface area (Å²) in [7, 11) is 0. The van der Waals surface area contributed by atoms with Crippen molar-refractivity contribution in [3.63, 3.8) is 0 Å². The van der Waals surface area contributed by atoms with Crippen LogP contribution in [0, 0.1) is 0 Å². The van der Waals surface area contributed by atoms with E-state index < -0.39 is 0 Å². The van der Waals surface area contributed by atoms with E-state index in [4.69, 9.17) is 0 Å². The molecule has 0 bridgehead atoms. The highest BCUT2D eigenvalue weighted by Gasteiger charge is 2.14. The van der Waals surface area contributed by atoms with Crippen molar-refractivity contribution >= 4 is 5.91 Å². The van der Waals surface area contributed by atoms with E-state index in [9.17, 15) is 4.79 Å². The second-order valence-corrected chi connectivity index (χ2v) is 5.44. The van der Waals surface area contributed by atoms with Crippen molar-refractivity contribution in [2.24, 2.45) is 0 Å².